The number of hydrogen-bond acceptors (Lipinski definition) is 4. The first-order valence-corrected chi connectivity index (χ1v) is 12.0. The van der Waals surface area contributed by atoms with E-state index in [-0.39, 0.29) is 11.8 Å². The highest BCUT2D eigenvalue weighted by Crippen LogP contribution is 2.49. The number of hydrogen-bond donors (Lipinski definition) is 0. The molecule has 3 aromatic rings. The van der Waals surface area contributed by atoms with Crippen LogP contribution in [0.25, 0.3) is 0 Å². The maximum absolute atomic E-state index is 13.6. The molecule has 2 aliphatic heterocycles. The lowest BCUT2D eigenvalue weighted by Crippen LogP contribution is -2.32. The standard InChI is InChI=1S/C27H25N2O2S/c1-2-3-4-9-17-28-22-14-7-8-16-24(22)32-25-21(13-10-15-23(25)28)27(31)29-18-19-11-5-6-12-20(19)26(29)30/h5-8,10-15H,2-4,9,17-18H2,1H3. The number of unbranched alkanes of at least 4 members (excludes halogenated alkanes) is 3. The summed E-state index contributed by atoms with van der Waals surface area (Å²) in [4.78, 5) is 32.1. The van der Waals surface area contributed by atoms with Crippen molar-refractivity contribution in [3.8, 4) is 0 Å². The van der Waals surface area contributed by atoms with Gasteiger partial charge in [0, 0.05) is 21.9 Å². The van der Waals surface area contributed by atoms with Gasteiger partial charge in [-0.2, -0.15) is 0 Å². The van der Waals surface area contributed by atoms with Gasteiger partial charge in [-0.25, -0.2) is 0 Å². The van der Waals surface area contributed by atoms with Crippen molar-refractivity contribution in [2.75, 3.05) is 11.4 Å². The third-order valence-electron chi connectivity index (χ3n) is 6.11. The molecule has 0 fully saturated rings. The van der Waals surface area contributed by atoms with E-state index >= 15 is 0 Å². The molecular formula is C27H25N2O2S. The minimum atomic E-state index is -0.235. The monoisotopic (exact) mass is 441 g/mol. The van der Waals surface area contributed by atoms with E-state index in [0.717, 1.165) is 39.7 Å². The van der Waals surface area contributed by atoms with Gasteiger partial charge in [0.15, 0.2) is 0 Å². The Morgan fingerprint density at radius 2 is 1.84 bits per heavy atom. The Kier molecular flexibility index (Phi) is 5.75. The second-order valence-corrected chi connectivity index (χ2v) is 9.23. The molecule has 0 bridgehead atoms. The van der Waals surface area contributed by atoms with E-state index in [4.69, 9.17) is 0 Å². The summed E-state index contributed by atoms with van der Waals surface area (Å²) in [7, 11) is 0. The summed E-state index contributed by atoms with van der Waals surface area (Å²) < 4.78 is 0. The van der Waals surface area contributed by atoms with Gasteiger partial charge >= 0.3 is 0 Å². The molecule has 32 heavy (non-hydrogen) atoms. The summed E-state index contributed by atoms with van der Waals surface area (Å²) >= 11 is 1.57. The lowest BCUT2D eigenvalue weighted by molar-refractivity contribution is 0.0629. The van der Waals surface area contributed by atoms with E-state index in [2.05, 4.69) is 30.0 Å². The third-order valence-corrected chi connectivity index (χ3v) is 7.27. The zero-order valence-electron chi connectivity index (χ0n) is 18.1. The summed E-state index contributed by atoms with van der Waals surface area (Å²) in [6.07, 6.45) is 4.69. The fraction of sp³-hybridized carbons (Fsp3) is 0.259. The maximum atomic E-state index is 13.6. The first kappa shape index (κ1) is 20.8. The summed E-state index contributed by atoms with van der Waals surface area (Å²) in [5.74, 6) is -0.451. The molecular weight excluding hydrogens is 416 g/mol. The normalized spacial score (nSPS) is 14.2. The average Bonchev–Trinajstić information content (AvgIpc) is 3.17. The highest BCUT2D eigenvalue weighted by atomic mass is 32.2. The number of carbonyl (C=O) groups excluding carboxylic acids is 2. The molecule has 0 spiro atoms. The maximum Gasteiger partial charge on any atom is 0.262 e. The number of benzene rings is 3. The Morgan fingerprint density at radius 3 is 2.69 bits per heavy atom. The topological polar surface area (TPSA) is 40.6 Å². The Hall–Kier alpha value is -3.05. The van der Waals surface area contributed by atoms with Crippen LogP contribution in [0, 0.1) is 6.07 Å². The van der Waals surface area contributed by atoms with Gasteiger partial charge in [-0.05, 0) is 42.3 Å². The van der Waals surface area contributed by atoms with Crippen molar-refractivity contribution in [2.24, 2.45) is 0 Å². The predicted molar refractivity (Wildman–Crippen MR) is 128 cm³/mol. The number of anilines is 2. The van der Waals surface area contributed by atoms with Crippen LogP contribution in [0.5, 0.6) is 0 Å². The zero-order valence-corrected chi connectivity index (χ0v) is 19.0. The van der Waals surface area contributed by atoms with Crippen LogP contribution in [-0.2, 0) is 6.54 Å². The van der Waals surface area contributed by atoms with Gasteiger partial charge in [-0.3, -0.25) is 14.5 Å². The summed E-state index contributed by atoms with van der Waals surface area (Å²) in [6.45, 7) is 3.43. The Balaban J connectivity index is 1.50. The van der Waals surface area contributed by atoms with Crippen molar-refractivity contribution in [1.82, 2.24) is 4.90 Å². The highest BCUT2D eigenvalue weighted by Gasteiger charge is 2.35. The molecule has 3 aromatic carbocycles. The van der Waals surface area contributed by atoms with Gasteiger partial charge in [-0.15, -0.1) is 0 Å². The van der Waals surface area contributed by atoms with Gasteiger partial charge < -0.3 is 4.90 Å². The van der Waals surface area contributed by atoms with Crippen molar-refractivity contribution in [2.45, 2.75) is 48.9 Å². The summed E-state index contributed by atoms with van der Waals surface area (Å²) in [5, 5.41) is 0. The van der Waals surface area contributed by atoms with E-state index in [1.807, 2.05) is 42.5 Å². The molecule has 0 aromatic heterocycles. The second kappa shape index (κ2) is 8.83. The lowest BCUT2D eigenvalue weighted by Gasteiger charge is -2.34. The molecule has 0 unspecified atom stereocenters. The minimum absolute atomic E-state index is 0.215. The van der Waals surface area contributed by atoms with Crippen molar-refractivity contribution in [3.05, 3.63) is 83.4 Å². The van der Waals surface area contributed by atoms with Crippen LogP contribution in [0.15, 0.2) is 70.5 Å². The van der Waals surface area contributed by atoms with Crippen LogP contribution in [0.3, 0.4) is 0 Å². The predicted octanol–water partition coefficient (Wildman–Crippen LogP) is 6.47. The van der Waals surface area contributed by atoms with Gasteiger partial charge in [0.2, 0.25) is 0 Å². The van der Waals surface area contributed by atoms with Gasteiger partial charge in [-0.1, -0.05) is 74.3 Å². The quantitative estimate of drug-likeness (QED) is 0.325. The van der Waals surface area contributed by atoms with Crippen LogP contribution in [0.4, 0.5) is 11.4 Å². The SMILES string of the molecule is CCCCCCN1c2ccc[c]c2Sc2c(C(=O)N3Cc4ccccc4C3=O)cccc21. The number of carbonyl (C=O) groups is 2. The molecule has 2 amide bonds. The van der Waals surface area contributed by atoms with E-state index in [1.54, 1.807) is 17.8 Å². The smallest absolute Gasteiger partial charge is 0.262 e. The molecule has 2 aliphatic rings. The number of amides is 2. The number of fused-ring (bicyclic) bond motifs is 3. The van der Waals surface area contributed by atoms with Crippen LogP contribution < -0.4 is 4.90 Å². The van der Waals surface area contributed by atoms with E-state index in [1.165, 1.54) is 24.2 Å². The number of rotatable bonds is 6. The number of nitrogens with zero attached hydrogens (tertiary/aromatic N) is 2. The molecule has 0 N–H and O–H groups in total. The molecule has 0 atom stereocenters. The molecule has 4 nitrogen and oxygen atoms in total. The van der Waals surface area contributed by atoms with Gasteiger partial charge in [0.25, 0.3) is 11.8 Å². The van der Waals surface area contributed by atoms with Gasteiger partial charge in [0.05, 0.1) is 23.5 Å². The van der Waals surface area contributed by atoms with Crippen molar-refractivity contribution >= 4 is 35.0 Å². The zero-order chi connectivity index (χ0) is 22.1. The molecule has 1 radical (unpaired) electrons. The Morgan fingerprint density at radius 1 is 1.00 bits per heavy atom. The van der Waals surface area contributed by atoms with E-state index in [0.29, 0.717) is 17.7 Å². The average molecular weight is 442 g/mol. The van der Waals surface area contributed by atoms with Crippen LogP contribution in [0.2, 0.25) is 0 Å². The van der Waals surface area contributed by atoms with Crippen molar-refractivity contribution in [3.63, 3.8) is 0 Å². The Labute approximate surface area is 193 Å². The first-order chi connectivity index (χ1) is 15.7. The molecule has 2 heterocycles. The molecule has 0 saturated heterocycles. The molecule has 5 heteroatoms. The molecule has 0 saturated carbocycles. The van der Waals surface area contributed by atoms with E-state index < -0.39 is 0 Å². The molecule has 5 rings (SSSR count). The van der Waals surface area contributed by atoms with Crippen LogP contribution in [-0.4, -0.2) is 23.3 Å². The van der Waals surface area contributed by atoms with Crippen LogP contribution >= 0.6 is 11.8 Å². The fourth-order valence-corrected chi connectivity index (χ4v) is 5.62. The van der Waals surface area contributed by atoms with Crippen molar-refractivity contribution < 1.29 is 9.59 Å². The van der Waals surface area contributed by atoms with Crippen molar-refractivity contribution in [1.29, 1.82) is 0 Å². The second-order valence-electron chi connectivity index (χ2n) is 8.21. The fourth-order valence-electron chi connectivity index (χ4n) is 4.45. The minimum Gasteiger partial charge on any atom is -0.340 e. The summed E-state index contributed by atoms with van der Waals surface area (Å²) in [6, 6.07) is 22.7. The lowest BCUT2D eigenvalue weighted by atomic mass is 10.1. The van der Waals surface area contributed by atoms with Gasteiger partial charge in [0.1, 0.15) is 0 Å². The third kappa shape index (κ3) is 3.61. The molecule has 161 valence electrons. The number of imide groups is 1. The molecule has 0 aliphatic carbocycles. The van der Waals surface area contributed by atoms with Crippen LogP contribution in [0.1, 0.15) is 58.9 Å². The Bertz CT molecular complexity index is 1190. The highest BCUT2D eigenvalue weighted by molar-refractivity contribution is 7.99. The summed E-state index contributed by atoms with van der Waals surface area (Å²) in [5.41, 5.74) is 4.27. The van der Waals surface area contributed by atoms with E-state index in [9.17, 15) is 9.59 Å². The first-order valence-electron chi connectivity index (χ1n) is 11.2. The largest absolute Gasteiger partial charge is 0.340 e.